The summed E-state index contributed by atoms with van der Waals surface area (Å²) >= 11 is 0. The summed E-state index contributed by atoms with van der Waals surface area (Å²) in [6.45, 7) is 3.06. The van der Waals surface area contributed by atoms with E-state index in [9.17, 15) is 13.2 Å². The lowest BCUT2D eigenvalue weighted by molar-refractivity contribution is -0.137. The van der Waals surface area contributed by atoms with E-state index in [1.165, 1.54) is 6.20 Å². The van der Waals surface area contributed by atoms with Crippen molar-refractivity contribution in [3.8, 4) is 5.75 Å². The number of benzene rings is 2. The van der Waals surface area contributed by atoms with Crippen molar-refractivity contribution in [1.29, 1.82) is 0 Å². The molecule has 1 aliphatic rings. The molecule has 0 aliphatic carbocycles. The molecule has 0 N–H and O–H groups in total. The van der Waals surface area contributed by atoms with Crippen molar-refractivity contribution < 1.29 is 17.9 Å². The van der Waals surface area contributed by atoms with Gasteiger partial charge in [0, 0.05) is 18.4 Å². The van der Waals surface area contributed by atoms with Crippen molar-refractivity contribution in [3.63, 3.8) is 0 Å². The van der Waals surface area contributed by atoms with Crippen LogP contribution in [-0.2, 0) is 12.8 Å². The van der Waals surface area contributed by atoms with Crippen molar-refractivity contribution in [2.75, 3.05) is 23.0 Å². The predicted molar refractivity (Wildman–Crippen MR) is 106 cm³/mol. The summed E-state index contributed by atoms with van der Waals surface area (Å²) in [7, 11) is 0. The highest BCUT2D eigenvalue weighted by atomic mass is 19.4. The Kier molecular flexibility index (Phi) is 5.05. The fourth-order valence-electron chi connectivity index (χ4n) is 3.41. The van der Waals surface area contributed by atoms with Crippen LogP contribution in [0.4, 0.5) is 30.4 Å². The second-order valence-corrected chi connectivity index (χ2v) is 6.72. The standard InChI is InChI=1S/C22H20F3N3O/c1-2-27-15-28(21-20(27)19(12-13-26-21)22(23,24)25)17-8-10-18(11-9-17)29-14-16-6-4-3-5-7-16/h3-13H,2,14-15H2,1H3. The molecular weight excluding hydrogens is 379 g/mol. The van der Waals surface area contributed by atoms with Crippen LogP contribution in [0.2, 0.25) is 0 Å². The second-order valence-electron chi connectivity index (χ2n) is 6.72. The SMILES string of the molecule is CCN1CN(c2ccc(OCc3ccccc3)cc2)c2nccc(C(F)(F)F)c21. The summed E-state index contributed by atoms with van der Waals surface area (Å²) in [5.74, 6) is 1.01. The number of aromatic nitrogens is 1. The highest BCUT2D eigenvalue weighted by Crippen LogP contribution is 2.46. The van der Waals surface area contributed by atoms with Crippen LogP contribution in [0.1, 0.15) is 18.1 Å². The summed E-state index contributed by atoms with van der Waals surface area (Å²) in [6.07, 6.45) is -3.21. The number of fused-ring (bicyclic) bond motifs is 1. The van der Waals surface area contributed by atoms with Crippen molar-refractivity contribution in [2.45, 2.75) is 19.7 Å². The summed E-state index contributed by atoms with van der Waals surface area (Å²) in [4.78, 5) is 7.71. The van der Waals surface area contributed by atoms with E-state index in [0.29, 0.717) is 31.4 Å². The Hall–Kier alpha value is -3.22. The van der Waals surface area contributed by atoms with E-state index in [0.717, 1.165) is 17.3 Å². The number of pyridine rings is 1. The van der Waals surface area contributed by atoms with E-state index in [-0.39, 0.29) is 5.69 Å². The zero-order chi connectivity index (χ0) is 20.4. The van der Waals surface area contributed by atoms with Crippen LogP contribution < -0.4 is 14.5 Å². The van der Waals surface area contributed by atoms with Gasteiger partial charge in [-0.15, -0.1) is 0 Å². The van der Waals surface area contributed by atoms with Gasteiger partial charge in [-0.2, -0.15) is 13.2 Å². The van der Waals surface area contributed by atoms with Crippen molar-refractivity contribution in [3.05, 3.63) is 78.0 Å². The van der Waals surface area contributed by atoms with E-state index in [4.69, 9.17) is 4.74 Å². The maximum atomic E-state index is 13.5. The zero-order valence-electron chi connectivity index (χ0n) is 15.9. The number of anilines is 3. The summed E-state index contributed by atoms with van der Waals surface area (Å²) < 4.78 is 46.2. The van der Waals surface area contributed by atoms with E-state index >= 15 is 0 Å². The Morgan fingerprint density at radius 2 is 1.72 bits per heavy atom. The van der Waals surface area contributed by atoms with E-state index in [1.54, 1.807) is 9.80 Å². The largest absolute Gasteiger partial charge is 0.489 e. The number of halogens is 3. The Bertz CT molecular complexity index is 975. The van der Waals surface area contributed by atoms with Crippen LogP contribution in [0.25, 0.3) is 0 Å². The first-order valence-corrected chi connectivity index (χ1v) is 9.33. The Morgan fingerprint density at radius 1 is 1.00 bits per heavy atom. The van der Waals surface area contributed by atoms with Crippen LogP contribution >= 0.6 is 0 Å². The van der Waals surface area contributed by atoms with Crippen LogP contribution in [0.15, 0.2) is 66.9 Å². The molecule has 0 unspecified atom stereocenters. The first-order chi connectivity index (χ1) is 14.0. The Balaban J connectivity index is 1.57. The molecule has 4 rings (SSSR count). The minimum absolute atomic E-state index is 0.131. The molecule has 0 spiro atoms. The fraction of sp³-hybridized carbons (Fsp3) is 0.227. The normalized spacial score (nSPS) is 13.5. The molecule has 150 valence electrons. The summed E-state index contributed by atoms with van der Waals surface area (Å²) in [5.41, 5.74) is 1.30. The van der Waals surface area contributed by atoms with E-state index in [1.807, 2.05) is 61.5 Å². The molecule has 3 aromatic rings. The minimum Gasteiger partial charge on any atom is -0.489 e. The molecular formula is C22H20F3N3O. The van der Waals surface area contributed by atoms with Gasteiger partial charge in [0.25, 0.3) is 0 Å². The van der Waals surface area contributed by atoms with Crippen molar-refractivity contribution in [2.24, 2.45) is 0 Å². The fourth-order valence-corrected chi connectivity index (χ4v) is 3.41. The molecule has 0 fully saturated rings. The van der Waals surface area contributed by atoms with E-state index in [2.05, 4.69) is 4.98 Å². The van der Waals surface area contributed by atoms with Gasteiger partial charge in [0.2, 0.25) is 0 Å². The first-order valence-electron chi connectivity index (χ1n) is 9.33. The Labute approximate surface area is 167 Å². The van der Waals surface area contributed by atoms with Crippen LogP contribution in [0.5, 0.6) is 5.75 Å². The van der Waals surface area contributed by atoms with Crippen LogP contribution in [0.3, 0.4) is 0 Å². The van der Waals surface area contributed by atoms with Crippen LogP contribution in [-0.4, -0.2) is 18.2 Å². The molecule has 7 heteroatoms. The lowest BCUT2D eigenvalue weighted by Crippen LogP contribution is -2.28. The molecule has 0 radical (unpaired) electrons. The molecule has 0 saturated carbocycles. The average Bonchev–Trinajstić information content (AvgIpc) is 3.11. The number of hydrogen-bond acceptors (Lipinski definition) is 4. The number of rotatable bonds is 5. The van der Waals surface area contributed by atoms with Crippen molar-refractivity contribution in [1.82, 2.24) is 4.98 Å². The van der Waals surface area contributed by atoms with Gasteiger partial charge >= 0.3 is 6.18 Å². The van der Waals surface area contributed by atoms with Crippen molar-refractivity contribution >= 4 is 17.2 Å². The zero-order valence-corrected chi connectivity index (χ0v) is 15.9. The molecule has 1 aliphatic heterocycles. The van der Waals surface area contributed by atoms with Crippen LogP contribution in [0, 0.1) is 0 Å². The smallest absolute Gasteiger partial charge is 0.418 e. The number of nitrogens with zero attached hydrogens (tertiary/aromatic N) is 3. The maximum Gasteiger partial charge on any atom is 0.418 e. The number of alkyl halides is 3. The summed E-state index contributed by atoms with van der Waals surface area (Å²) in [6, 6.07) is 18.2. The maximum absolute atomic E-state index is 13.5. The summed E-state index contributed by atoms with van der Waals surface area (Å²) in [5, 5.41) is 0. The molecule has 0 atom stereocenters. The van der Waals surface area contributed by atoms with Gasteiger partial charge in [-0.05, 0) is 42.8 Å². The molecule has 29 heavy (non-hydrogen) atoms. The topological polar surface area (TPSA) is 28.6 Å². The quantitative estimate of drug-likeness (QED) is 0.557. The lowest BCUT2D eigenvalue weighted by Gasteiger charge is -2.21. The monoisotopic (exact) mass is 399 g/mol. The van der Waals surface area contributed by atoms with Gasteiger partial charge in [0.05, 0.1) is 17.9 Å². The highest BCUT2D eigenvalue weighted by Gasteiger charge is 2.40. The lowest BCUT2D eigenvalue weighted by atomic mass is 10.2. The highest BCUT2D eigenvalue weighted by molar-refractivity contribution is 5.82. The predicted octanol–water partition coefficient (Wildman–Crippen LogP) is 5.61. The van der Waals surface area contributed by atoms with Gasteiger partial charge in [-0.1, -0.05) is 30.3 Å². The first kappa shape index (κ1) is 19.1. The third kappa shape index (κ3) is 3.85. The van der Waals surface area contributed by atoms with Gasteiger partial charge in [0.15, 0.2) is 5.82 Å². The second kappa shape index (κ2) is 7.66. The third-order valence-electron chi connectivity index (χ3n) is 4.87. The molecule has 1 aromatic heterocycles. The van der Waals surface area contributed by atoms with Gasteiger partial charge < -0.3 is 14.5 Å². The molecule has 0 saturated heterocycles. The molecule has 4 nitrogen and oxygen atoms in total. The third-order valence-corrected chi connectivity index (χ3v) is 4.87. The minimum atomic E-state index is -4.43. The van der Waals surface area contributed by atoms with E-state index < -0.39 is 11.7 Å². The number of hydrogen-bond donors (Lipinski definition) is 0. The molecule has 2 heterocycles. The Morgan fingerprint density at radius 3 is 2.38 bits per heavy atom. The molecule has 2 aromatic carbocycles. The van der Waals surface area contributed by atoms with Gasteiger partial charge in [-0.25, -0.2) is 4.98 Å². The average molecular weight is 399 g/mol. The number of ether oxygens (including phenoxy) is 1. The van der Waals surface area contributed by atoms with Gasteiger partial charge in [-0.3, -0.25) is 0 Å². The molecule has 0 bridgehead atoms. The van der Waals surface area contributed by atoms with Gasteiger partial charge in [0.1, 0.15) is 12.4 Å². The molecule has 0 amide bonds.